The van der Waals surface area contributed by atoms with Crippen molar-refractivity contribution in [3.8, 4) is 0 Å². The fourth-order valence-electron chi connectivity index (χ4n) is 4.16. The average molecular weight is 486 g/mol. The normalized spacial score (nSPS) is 16.3. The molecule has 0 bridgehead atoms. The Kier molecular flexibility index (Phi) is 6.63. The van der Waals surface area contributed by atoms with Crippen LogP contribution in [0.15, 0.2) is 41.2 Å². The second-order valence-electron chi connectivity index (χ2n) is 8.08. The van der Waals surface area contributed by atoms with Crippen molar-refractivity contribution in [2.24, 2.45) is 0 Å². The number of nitrogens with zero attached hydrogens (tertiary/aromatic N) is 2. The van der Waals surface area contributed by atoms with Gasteiger partial charge in [-0.1, -0.05) is 41.4 Å². The van der Waals surface area contributed by atoms with Gasteiger partial charge in [-0.2, -0.15) is 0 Å². The average Bonchev–Trinajstić information content (AvgIpc) is 2.76. The summed E-state index contributed by atoms with van der Waals surface area (Å²) in [7, 11) is 0. The lowest BCUT2D eigenvalue weighted by Crippen LogP contribution is -2.36. The van der Waals surface area contributed by atoms with Gasteiger partial charge in [0.2, 0.25) is 5.91 Å². The van der Waals surface area contributed by atoms with E-state index in [4.69, 9.17) is 23.2 Å². The van der Waals surface area contributed by atoms with E-state index in [2.05, 4.69) is 10.3 Å². The molecule has 1 atom stereocenters. The largest absolute Gasteiger partial charge is 0.352 e. The van der Waals surface area contributed by atoms with Gasteiger partial charge in [-0.15, -0.1) is 0 Å². The zero-order chi connectivity index (χ0) is 23.7. The molecule has 0 aliphatic heterocycles. The predicted molar refractivity (Wildman–Crippen MR) is 126 cm³/mol. The molecule has 3 aromatic rings. The summed E-state index contributed by atoms with van der Waals surface area (Å²) >= 11 is 11.9. The van der Waals surface area contributed by atoms with Gasteiger partial charge in [0.25, 0.3) is 5.56 Å². The van der Waals surface area contributed by atoms with E-state index in [0.29, 0.717) is 37.9 Å². The highest BCUT2D eigenvalue weighted by Crippen LogP contribution is 2.25. The van der Waals surface area contributed by atoms with Crippen LogP contribution >= 0.6 is 23.2 Å². The van der Waals surface area contributed by atoms with Gasteiger partial charge >= 0.3 is 0 Å². The molecule has 2 aromatic carbocycles. The first kappa shape index (κ1) is 23.1. The van der Waals surface area contributed by atoms with E-state index in [1.54, 1.807) is 43.3 Å². The number of aromatic nitrogens is 2. The van der Waals surface area contributed by atoms with Crippen LogP contribution in [0.25, 0.3) is 10.9 Å². The van der Waals surface area contributed by atoms with Crippen molar-refractivity contribution in [3.05, 3.63) is 73.7 Å². The number of benzene rings is 2. The van der Waals surface area contributed by atoms with Crippen molar-refractivity contribution < 1.29 is 14.4 Å². The van der Waals surface area contributed by atoms with Crippen molar-refractivity contribution >= 4 is 51.6 Å². The number of halogens is 2. The molecular weight excluding hydrogens is 465 g/mol. The van der Waals surface area contributed by atoms with Crippen LogP contribution in [0.1, 0.15) is 42.3 Å². The van der Waals surface area contributed by atoms with Crippen molar-refractivity contribution in [2.45, 2.75) is 45.2 Å². The van der Waals surface area contributed by atoms with Crippen LogP contribution in [0.4, 0.5) is 0 Å². The number of aryl methyl sites for hydroxylation is 1. The molecular formula is C24H21Cl2N3O4. The Bertz CT molecular complexity index is 1350. The molecule has 1 saturated carbocycles. The van der Waals surface area contributed by atoms with Gasteiger partial charge in [-0.25, -0.2) is 4.98 Å². The number of rotatable bonds is 5. The number of ketones is 2. The Morgan fingerprint density at radius 2 is 1.94 bits per heavy atom. The van der Waals surface area contributed by atoms with Crippen LogP contribution < -0.4 is 10.9 Å². The maximum absolute atomic E-state index is 13.4. The summed E-state index contributed by atoms with van der Waals surface area (Å²) in [6.45, 7) is 1.80. The summed E-state index contributed by atoms with van der Waals surface area (Å²) in [5.41, 5.74) is 1.45. The lowest BCUT2D eigenvalue weighted by molar-refractivity contribution is -0.132. The van der Waals surface area contributed by atoms with E-state index >= 15 is 0 Å². The predicted octanol–water partition coefficient (Wildman–Crippen LogP) is 3.73. The highest BCUT2D eigenvalue weighted by atomic mass is 35.5. The Hall–Kier alpha value is -3.03. The van der Waals surface area contributed by atoms with Crippen molar-refractivity contribution in [1.82, 2.24) is 14.9 Å². The van der Waals surface area contributed by atoms with Gasteiger partial charge < -0.3 is 5.32 Å². The number of amides is 1. The highest BCUT2D eigenvalue weighted by molar-refractivity contribution is 6.42. The van der Waals surface area contributed by atoms with Crippen molar-refractivity contribution in [1.29, 1.82) is 0 Å². The van der Waals surface area contributed by atoms with E-state index in [1.165, 1.54) is 4.57 Å². The molecule has 170 valence electrons. The summed E-state index contributed by atoms with van der Waals surface area (Å²) in [6, 6.07) is 9.53. The van der Waals surface area contributed by atoms with Crippen LogP contribution in [0.3, 0.4) is 0 Å². The lowest BCUT2D eigenvalue weighted by atomic mass is 9.92. The summed E-state index contributed by atoms with van der Waals surface area (Å²) in [4.78, 5) is 54.6. The number of carbonyl (C=O) groups is 3. The van der Waals surface area contributed by atoms with E-state index in [1.807, 2.05) is 0 Å². The topological polar surface area (TPSA) is 98.1 Å². The van der Waals surface area contributed by atoms with Crippen LogP contribution in [0.2, 0.25) is 10.0 Å². The van der Waals surface area contributed by atoms with E-state index in [0.717, 1.165) is 0 Å². The number of hydrogen-bond donors (Lipinski definition) is 1. The Labute approximate surface area is 199 Å². The fourth-order valence-corrected chi connectivity index (χ4v) is 4.48. The summed E-state index contributed by atoms with van der Waals surface area (Å²) in [6.07, 6.45) is 0.482. The molecule has 33 heavy (non-hydrogen) atoms. The zero-order valence-electron chi connectivity index (χ0n) is 17.9. The van der Waals surface area contributed by atoms with Crippen LogP contribution in [-0.4, -0.2) is 27.0 Å². The molecule has 1 aliphatic rings. The standard InChI is InChI=1S/C24H21Cl2N3O4/c1-13-28-19-4-2-3-15(12-27-22(32)10-14-5-7-17(25)18(26)9-14)23(19)24(33)29(13)20-8-6-16(30)11-21(20)31/h2-5,7,9,20H,6,8,10-12H2,1H3,(H,27,32). The number of fused-ring (bicyclic) bond motifs is 1. The quantitative estimate of drug-likeness (QED) is 0.555. The van der Waals surface area contributed by atoms with Gasteiger partial charge in [0.1, 0.15) is 11.6 Å². The lowest BCUT2D eigenvalue weighted by Gasteiger charge is -2.24. The number of Topliss-reactive ketones (excluding diaryl/α,β-unsaturated/α-hetero) is 2. The first-order valence-electron chi connectivity index (χ1n) is 10.5. The van der Waals surface area contributed by atoms with Gasteiger partial charge in [0, 0.05) is 13.0 Å². The van der Waals surface area contributed by atoms with Crippen LogP contribution in [0, 0.1) is 6.92 Å². The third-order valence-electron chi connectivity index (χ3n) is 5.77. The van der Waals surface area contributed by atoms with Crippen molar-refractivity contribution in [2.75, 3.05) is 0 Å². The van der Waals surface area contributed by atoms with Crippen LogP contribution in [-0.2, 0) is 27.3 Å². The first-order chi connectivity index (χ1) is 15.7. The smallest absolute Gasteiger partial charge is 0.262 e. The van der Waals surface area contributed by atoms with Gasteiger partial charge in [0.15, 0.2) is 5.78 Å². The molecule has 1 heterocycles. The van der Waals surface area contributed by atoms with E-state index in [-0.39, 0.29) is 55.3 Å². The molecule has 7 nitrogen and oxygen atoms in total. The third kappa shape index (κ3) is 4.84. The Balaban J connectivity index is 1.61. The maximum atomic E-state index is 13.4. The molecule has 1 amide bonds. The van der Waals surface area contributed by atoms with Gasteiger partial charge in [-0.3, -0.25) is 23.7 Å². The number of hydrogen-bond acceptors (Lipinski definition) is 5. The van der Waals surface area contributed by atoms with E-state index < -0.39 is 6.04 Å². The second kappa shape index (κ2) is 9.45. The fraction of sp³-hybridized carbons (Fsp3) is 0.292. The number of nitrogens with one attached hydrogen (secondary N) is 1. The monoisotopic (exact) mass is 485 g/mol. The molecule has 4 rings (SSSR count). The molecule has 0 radical (unpaired) electrons. The number of carbonyl (C=O) groups excluding carboxylic acids is 3. The molecule has 1 aromatic heterocycles. The molecule has 0 saturated heterocycles. The molecule has 1 fully saturated rings. The molecule has 0 spiro atoms. The minimum Gasteiger partial charge on any atom is -0.352 e. The molecule has 9 heteroatoms. The van der Waals surface area contributed by atoms with Crippen molar-refractivity contribution in [3.63, 3.8) is 0 Å². The third-order valence-corrected chi connectivity index (χ3v) is 6.51. The Morgan fingerprint density at radius 3 is 2.67 bits per heavy atom. The minimum absolute atomic E-state index is 0.105. The van der Waals surface area contributed by atoms with E-state index in [9.17, 15) is 19.2 Å². The second-order valence-corrected chi connectivity index (χ2v) is 8.90. The summed E-state index contributed by atoms with van der Waals surface area (Å²) in [5.74, 6) is -0.209. The maximum Gasteiger partial charge on any atom is 0.262 e. The molecule has 1 aliphatic carbocycles. The van der Waals surface area contributed by atoms with Gasteiger partial charge in [-0.05, 0) is 42.7 Å². The summed E-state index contributed by atoms with van der Waals surface area (Å²) in [5, 5.41) is 3.96. The zero-order valence-corrected chi connectivity index (χ0v) is 19.4. The molecule has 1 N–H and O–H groups in total. The summed E-state index contributed by atoms with van der Waals surface area (Å²) < 4.78 is 1.39. The minimum atomic E-state index is -0.704. The SMILES string of the molecule is Cc1nc2cccc(CNC(=O)Cc3ccc(Cl)c(Cl)c3)c2c(=O)n1C1CCC(=O)CC1=O. The van der Waals surface area contributed by atoms with Gasteiger partial charge in [0.05, 0.1) is 39.8 Å². The van der Waals surface area contributed by atoms with Crippen LogP contribution in [0.5, 0.6) is 0 Å². The molecule has 1 unspecified atom stereocenters. The first-order valence-corrected chi connectivity index (χ1v) is 11.3. The highest BCUT2D eigenvalue weighted by Gasteiger charge is 2.31. The Morgan fingerprint density at radius 1 is 1.15 bits per heavy atom.